The Kier molecular flexibility index (Phi) is 4.27. The summed E-state index contributed by atoms with van der Waals surface area (Å²) in [5.41, 5.74) is 0.793. The van der Waals surface area contributed by atoms with Crippen LogP contribution in [0.25, 0.3) is 10.8 Å². The topological polar surface area (TPSA) is 40.5 Å². The Labute approximate surface area is 117 Å². The van der Waals surface area contributed by atoms with Gasteiger partial charge < -0.3 is 10.0 Å². The van der Waals surface area contributed by atoms with Crippen LogP contribution in [-0.2, 0) is 4.79 Å². The van der Waals surface area contributed by atoms with E-state index in [0.717, 1.165) is 22.9 Å². The number of rotatable bonds is 4. The Balaban J connectivity index is 2.58. The molecule has 0 atom stereocenters. The highest BCUT2D eigenvalue weighted by Crippen LogP contribution is 2.30. The van der Waals surface area contributed by atoms with Crippen molar-refractivity contribution in [3.8, 4) is 5.75 Å². The van der Waals surface area contributed by atoms with Gasteiger partial charge in [-0.2, -0.15) is 0 Å². The van der Waals surface area contributed by atoms with Crippen molar-refractivity contribution in [2.24, 2.45) is 0 Å². The van der Waals surface area contributed by atoms with Crippen molar-refractivity contribution in [1.82, 2.24) is 0 Å². The molecule has 2 aromatic rings. The number of amides is 1. The van der Waals surface area contributed by atoms with Crippen LogP contribution in [0.1, 0.15) is 13.3 Å². The second-order valence-corrected chi connectivity index (χ2v) is 4.63. The quantitative estimate of drug-likeness (QED) is 0.869. The number of phenols is 1. The van der Waals surface area contributed by atoms with Crippen molar-refractivity contribution in [3.63, 3.8) is 0 Å². The van der Waals surface area contributed by atoms with Gasteiger partial charge in [0.05, 0.1) is 5.69 Å². The number of hydrogen-bond donors (Lipinski definition) is 1. The number of carbonyl (C=O) groups is 1. The molecule has 3 nitrogen and oxygen atoms in total. The molecule has 0 unspecified atom stereocenters. The van der Waals surface area contributed by atoms with E-state index in [1.807, 2.05) is 31.2 Å². The fourth-order valence-corrected chi connectivity index (χ4v) is 2.30. The van der Waals surface area contributed by atoms with Gasteiger partial charge >= 0.3 is 0 Å². The Hall–Kier alpha value is -1.74. The molecule has 0 saturated carbocycles. The maximum atomic E-state index is 12.0. The van der Waals surface area contributed by atoms with Gasteiger partial charge in [-0.1, -0.05) is 25.1 Å². The molecule has 0 aliphatic rings. The fraction of sp³-hybridized carbons (Fsp3) is 0.267. The maximum absolute atomic E-state index is 12.0. The number of anilines is 1. The second-order valence-electron chi connectivity index (χ2n) is 4.36. The third kappa shape index (κ3) is 2.82. The first-order valence-electron chi connectivity index (χ1n) is 6.25. The summed E-state index contributed by atoms with van der Waals surface area (Å²) in [6.07, 6.45) is 0.845. The highest BCUT2D eigenvalue weighted by molar-refractivity contribution is 6.29. The number of aromatic hydroxyl groups is 1. The number of benzene rings is 2. The monoisotopic (exact) mass is 277 g/mol. The van der Waals surface area contributed by atoms with Gasteiger partial charge in [0.2, 0.25) is 5.91 Å². The van der Waals surface area contributed by atoms with Gasteiger partial charge in [0.1, 0.15) is 11.6 Å². The molecule has 0 aromatic heterocycles. The number of alkyl halides is 1. The minimum Gasteiger partial charge on any atom is -0.508 e. The molecule has 4 heteroatoms. The molecule has 0 radical (unpaired) electrons. The van der Waals surface area contributed by atoms with Crippen molar-refractivity contribution in [3.05, 3.63) is 36.4 Å². The molecule has 0 spiro atoms. The molecular weight excluding hydrogens is 262 g/mol. The Morgan fingerprint density at radius 2 is 2.11 bits per heavy atom. The van der Waals surface area contributed by atoms with E-state index in [4.69, 9.17) is 11.6 Å². The fourth-order valence-electron chi connectivity index (χ4n) is 2.15. The van der Waals surface area contributed by atoms with E-state index >= 15 is 0 Å². The number of phenolic OH excluding ortho intramolecular Hbond substituents is 1. The largest absolute Gasteiger partial charge is 0.508 e. The van der Waals surface area contributed by atoms with Crippen LogP contribution < -0.4 is 4.90 Å². The number of nitrogens with zero attached hydrogens (tertiary/aromatic N) is 1. The first kappa shape index (κ1) is 13.7. The first-order valence-corrected chi connectivity index (χ1v) is 6.79. The predicted octanol–water partition coefficient (Wildman–Crippen LogP) is 3.53. The van der Waals surface area contributed by atoms with Gasteiger partial charge in [-0.15, -0.1) is 11.6 Å². The summed E-state index contributed by atoms with van der Waals surface area (Å²) in [5, 5.41) is 11.5. The van der Waals surface area contributed by atoms with Crippen LogP contribution in [0.3, 0.4) is 0 Å². The summed E-state index contributed by atoms with van der Waals surface area (Å²) in [5.74, 6) is 0.0175. The molecule has 2 rings (SSSR count). The molecule has 100 valence electrons. The summed E-state index contributed by atoms with van der Waals surface area (Å²) >= 11 is 5.67. The second kappa shape index (κ2) is 5.93. The van der Waals surface area contributed by atoms with Gasteiger partial charge in [0.15, 0.2) is 0 Å². The van der Waals surface area contributed by atoms with E-state index in [1.165, 1.54) is 0 Å². The number of halogens is 1. The van der Waals surface area contributed by atoms with Crippen LogP contribution in [0.15, 0.2) is 36.4 Å². The van der Waals surface area contributed by atoms with E-state index in [2.05, 4.69) is 0 Å². The SMILES string of the molecule is CCCN(C(=O)CCl)c1cccc2ccc(O)cc12. The van der Waals surface area contributed by atoms with Crippen LogP contribution >= 0.6 is 11.6 Å². The minimum absolute atomic E-state index is 0.0464. The number of fused-ring (bicyclic) bond motifs is 1. The Bertz CT molecular complexity index is 598. The van der Waals surface area contributed by atoms with Crippen LogP contribution in [-0.4, -0.2) is 23.4 Å². The highest BCUT2D eigenvalue weighted by Gasteiger charge is 2.16. The van der Waals surface area contributed by atoms with E-state index < -0.39 is 0 Å². The maximum Gasteiger partial charge on any atom is 0.241 e. The normalized spacial score (nSPS) is 10.6. The number of carbonyl (C=O) groups excluding carboxylic acids is 1. The molecule has 0 aliphatic heterocycles. The summed E-state index contributed by atoms with van der Waals surface area (Å²) in [4.78, 5) is 13.6. The number of hydrogen-bond acceptors (Lipinski definition) is 2. The van der Waals surface area contributed by atoms with Crippen molar-refractivity contribution >= 4 is 34.0 Å². The lowest BCUT2D eigenvalue weighted by atomic mass is 10.1. The summed E-state index contributed by atoms with van der Waals surface area (Å²) in [7, 11) is 0. The predicted molar refractivity (Wildman–Crippen MR) is 79.0 cm³/mol. The Morgan fingerprint density at radius 3 is 2.79 bits per heavy atom. The molecule has 1 N–H and O–H groups in total. The van der Waals surface area contributed by atoms with Crippen LogP contribution in [0, 0.1) is 0 Å². The lowest BCUT2D eigenvalue weighted by Crippen LogP contribution is -2.32. The van der Waals surface area contributed by atoms with Gasteiger partial charge in [-0.05, 0) is 30.0 Å². The van der Waals surface area contributed by atoms with Gasteiger partial charge in [0.25, 0.3) is 0 Å². The average Bonchev–Trinajstić information content (AvgIpc) is 2.43. The molecular formula is C15H16ClNO2. The summed E-state index contributed by atoms with van der Waals surface area (Å²) in [6, 6.07) is 10.9. The zero-order chi connectivity index (χ0) is 13.8. The zero-order valence-corrected chi connectivity index (χ0v) is 11.5. The molecule has 0 bridgehead atoms. The van der Waals surface area contributed by atoms with Crippen molar-refractivity contribution < 1.29 is 9.90 Å². The summed E-state index contributed by atoms with van der Waals surface area (Å²) < 4.78 is 0. The third-order valence-corrected chi connectivity index (χ3v) is 3.22. The zero-order valence-electron chi connectivity index (χ0n) is 10.8. The smallest absolute Gasteiger partial charge is 0.241 e. The van der Waals surface area contributed by atoms with E-state index in [0.29, 0.717) is 6.54 Å². The van der Waals surface area contributed by atoms with Crippen LogP contribution in [0.4, 0.5) is 5.69 Å². The molecule has 0 heterocycles. The van der Waals surface area contributed by atoms with Crippen molar-refractivity contribution in [2.45, 2.75) is 13.3 Å². The molecule has 0 aliphatic carbocycles. The van der Waals surface area contributed by atoms with Gasteiger partial charge in [0, 0.05) is 11.9 Å². The minimum atomic E-state index is -0.126. The van der Waals surface area contributed by atoms with Gasteiger partial charge in [-0.25, -0.2) is 0 Å². The molecule has 1 amide bonds. The lowest BCUT2D eigenvalue weighted by molar-refractivity contribution is -0.116. The average molecular weight is 278 g/mol. The molecule has 19 heavy (non-hydrogen) atoms. The van der Waals surface area contributed by atoms with Gasteiger partial charge in [-0.3, -0.25) is 4.79 Å². The van der Waals surface area contributed by atoms with Crippen molar-refractivity contribution in [2.75, 3.05) is 17.3 Å². The molecule has 0 fully saturated rings. The molecule has 2 aromatic carbocycles. The Morgan fingerprint density at radius 1 is 1.32 bits per heavy atom. The lowest BCUT2D eigenvalue weighted by Gasteiger charge is -2.23. The van der Waals surface area contributed by atoms with Crippen LogP contribution in [0.5, 0.6) is 5.75 Å². The van der Waals surface area contributed by atoms with Crippen molar-refractivity contribution in [1.29, 1.82) is 0 Å². The van der Waals surface area contributed by atoms with E-state index in [-0.39, 0.29) is 17.5 Å². The van der Waals surface area contributed by atoms with E-state index in [9.17, 15) is 9.90 Å². The van der Waals surface area contributed by atoms with Crippen LogP contribution in [0.2, 0.25) is 0 Å². The standard InChI is InChI=1S/C15H16ClNO2/c1-2-8-17(15(19)10-16)14-5-3-4-11-6-7-12(18)9-13(11)14/h3-7,9,18H,2,8,10H2,1H3. The first-order chi connectivity index (χ1) is 9.17. The third-order valence-electron chi connectivity index (χ3n) is 3.00. The summed E-state index contributed by atoms with van der Waals surface area (Å²) in [6.45, 7) is 2.62. The molecule has 0 saturated heterocycles. The highest BCUT2D eigenvalue weighted by atomic mass is 35.5. The van der Waals surface area contributed by atoms with E-state index in [1.54, 1.807) is 17.0 Å².